The average molecular weight is 445 g/mol. The normalized spacial score (nSPS) is 19.5. The summed E-state index contributed by atoms with van der Waals surface area (Å²) >= 11 is 2.74. The number of rotatable bonds is 5. The van der Waals surface area contributed by atoms with Crippen molar-refractivity contribution in [2.45, 2.75) is 56.2 Å². The Morgan fingerprint density at radius 1 is 1.40 bits per heavy atom. The minimum absolute atomic E-state index is 0.108. The summed E-state index contributed by atoms with van der Waals surface area (Å²) in [5.41, 5.74) is 1.38. The molecule has 0 aliphatic carbocycles. The largest absolute Gasteiger partial charge is 0.468 e. The highest BCUT2D eigenvalue weighted by molar-refractivity contribution is 8.00. The summed E-state index contributed by atoms with van der Waals surface area (Å²) in [5.74, 6) is -0.355. The van der Waals surface area contributed by atoms with Crippen molar-refractivity contribution < 1.29 is 14.3 Å². The minimum Gasteiger partial charge on any atom is -0.468 e. The lowest BCUT2D eigenvalue weighted by molar-refractivity contribution is -0.139. The topological polar surface area (TPSA) is 70.4 Å². The molecule has 3 aromatic rings. The number of methoxy groups -OCH3 is 1. The number of nitrogens with zero attached hydrogens (tertiary/aromatic N) is 2. The monoisotopic (exact) mass is 444 g/mol. The second-order valence-electron chi connectivity index (χ2n) is 7.61. The molecule has 0 amide bonds. The van der Waals surface area contributed by atoms with Crippen molar-refractivity contribution in [3.8, 4) is 5.69 Å². The van der Waals surface area contributed by atoms with Gasteiger partial charge < -0.3 is 9.47 Å². The van der Waals surface area contributed by atoms with Crippen molar-refractivity contribution in [3.63, 3.8) is 0 Å². The van der Waals surface area contributed by atoms with Gasteiger partial charge in [-0.3, -0.25) is 14.2 Å². The molecule has 0 bridgehead atoms. The van der Waals surface area contributed by atoms with E-state index in [1.54, 1.807) is 11.5 Å². The zero-order chi connectivity index (χ0) is 21.5. The first-order valence-electron chi connectivity index (χ1n) is 9.88. The van der Waals surface area contributed by atoms with E-state index in [1.807, 2.05) is 30.3 Å². The van der Waals surface area contributed by atoms with E-state index in [2.05, 4.69) is 13.8 Å². The number of carbonyl (C=O) groups is 1. The van der Waals surface area contributed by atoms with Crippen LogP contribution in [0.3, 0.4) is 0 Å². The Morgan fingerprint density at radius 2 is 2.13 bits per heavy atom. The lowest BCUT2D eigenvalue weighted by atomic mass is 9.90. The number of aromatic nitrogens is 2. The lowest BCUT2D eigenvalue weighted by Crippen LogP contribution is -2.34. The fraction of sp³-hybridized carbons (Fsp3) is 0.409. The van der Waals surface area contributed by atoms with Crippen LogP contribution < -0.4 is 5.56 Å². The Morgan fingerprint density at radius 3 is 2.80 bits per heavy atom. The second-order valence-corrected chi connectivity index (χ2v) is 10.00. The Kier molecular flexibility index (Phi) is 5.74. The molecule has 0 fully saturated rings. The first-order valence-corrected chi connectivity index (χ1v) is 11.6. The van der Waals surface area contributed by atoms with Crippen LogP contribution in [0.15, 0.2) is 40.3 Å². The van der Waals surface area contributed by atoms with Gasteiger partial charge in [0.1, 0.15) is 10.1 Å². The summed E-state index contributed by atoms with van der Waals surface area (Å²) < 4.78 is 12.5. The van der Waals surface area contributed by atoms with E-state index in [0.29, 0.717) is 28.4 Å². The average Bonchev–Trinajstić information content (AvgIpc) is 3.11. The van der Waals surface area contributed by atoms with E-state index in [4.69, 9.17) is 14.5 Å². The van der Waals surface area contributed by atoms with Gasteiger partial charge in [-0.2, -0.15) is 0 Å². The van der Waals surface area contributed by atoms with Crippen LogP contribution in [0, 0.1) is 0 Å². The molecule has 0 spiro atoms. The van der Waals surface area contributed by atoms with E-state index >= 15 is 0 Å². The molecule has 1 aliphatic rings. The summed E-state index contributed by atoms with van der Waals surface area (Å²) in [6, 6.07) is 9.42. The number of para-hydroxylation sites is 1. The molecule has 2 aromatic heterocycles. The molecular weight excluding hydrogens is 420 g/mol. The maximum Gasteiger partial charge on any atom is 0.318 e. The highest BCUT2D eigenvalue weighted by Crippen LogP contribution is 2.39. The van der Waals surface area contributed by atoms with Gasteiger partial charge in [-0.15, -0.1) is 11.3 Å². The van der Waals surface area contributed by atoms with Crippen molar-refractivity contribution in [3.05, 3.63) is 51.1 Å². The van der Waals surface area contributed by atoms with Crippen molar-refractivity contribution in [1.29, 1.82) is 0 Å². The van der Waals surface area contributed by atoms with Gasteiger partial charge in [0.25, 0.3) is 5.56 Å². The van der Waals surface area contributed by atoms with Gasteiger partial charge in [-0.1, -0.05) is 36.9 Å². The lowest BCUT2D eigenvalue weighted by Gasteiger charge is -2.32. The molecule has 30 heavy (non-hydrogen) atoms. The maximum atomic E-state index is 13.8. The smallest absolute Gasteiger partial charge is 0.318 e. The van der Waals surface area contributed by atoms with Gasteiger partial charge in [-0.05, 0) is 38.0 Å². The quantitative estimate of drug-likeness (QED) is 0.331. The van der Waals surface area contributed by atoms with Crippen LogP contribution in [0.1, 0.15) is 37.6 Å². The maximum absolute atomic E-state index is 13.8. The van der Waals surface area contributed by atoms with Gasteiger partial charge in [0.2, 0.25) is 0 Å². The molecular formula is C22H24N2O4S2. The third kappa shape index (κ3) is 3.68. The Bertz CT molecular complexity index is 1160. The number of ether oxygens (including phenoxy) is 2. The van der Waals surface area contributed by atoms with Crippen LogP contribution in [0.5, 0.6) is 0 Å². The number of esters is 1. The molecule has 2 atom stereocenters. The van der Waals surface area contributed by atoms with Gasteiger partial charge in [0.05, 0.1) is 30.4 Å². The first-order chi connectivity index (χ1) is 14.4. The molecule has 0 radical (unpaired) electrons. The molecule has 3 heterocycles. The molecule has 0 saturated heterocycles. The third-order valence-electron chi connectivity index (χ3n) is 5.56. The molecule has 4 rings (SSSR count). The predicted molar refractivity (Wildman–Crippen MR) is 120 cm³/mol. The van der Waals surface area contributed by atoms with Crippen LogP contribution in [0.2, 0.25) is 0 Å². The van der Waals surface area contributed by atoms with Gasteiger partial charge in [0.15, 0.2) is 5.16 Å². The number of fused-ring (bicyclic) bond motifs is 3. The fourth-order valence-corrected chi connectivity index (χ4v) is 5.68. The highest BCUT2D eigenvalue weighted by atomic mass is 32.2. The van der Waals surface area contributed by atoms with Crippen molar-refractivity contribution in [1.82, 2.24) is 9.55 Å². The predicted octanol–water partition coefficient (Wildman–Crippen LogP) is 4.34. The van der Waals surface area contributed by atoms with Crippen molar-refractivity contribution in [2.24, 2.45) is 0 Å². The molecule has 0 saturated carbocycles. The summed E-state index contributed by atoms with van der Waals surface area (Å²) in [6.07, 6.45) is 1.56. The molecule has 1 aliphatic heterocycles. The van der Waals surface area contributed by atoms with E-state index in [-0.39, 0.29) is 17.1 Å². The summed E-state index contributed by atoms with van der Waals surface area (Å²) in [4.78, 5) is 32.3. The zero-order valence-corrected chi connectivity index (χ0v) is 19.1. The van der Waals surface area contributed by atoms with Crippen LogP contribution in [0.25, 0.3) is 15.9 Å². The van der Waals surface area contributed by atoms with Crippen molar-refractivity contribution >= 4 is 39.3 Å². The molecule has 0 unspecified atom stereocenters. The van der Waals surface area contributed by atoms with Crippen LogP contribution >= 0.6 is 23.1 Å². The number of thioether (sulfide) groups is 1. The highest BCUT2D eigenvalue weighted by Gasteiger charge is 2.34. The van der Waals surface area contributed by atoms with Gasteiger partial charge in [0, 0.05) is 11.3 Å². The van der Waals surface area contributed by atoms with E-state index in [9.17, 15) is 9.59 Å². The molecule has 158 valence electrons. The molecule has 0 N–H and O–H groups in total. The first kappa shape index (κ1) is 21.1. The van der Waals surface area contributed by atoms with Crippen LogP contribution in [0.4, 0.5) is 0 Å². The standard InChI is InChI=1S/C22H24N2O4S2/c1-5-22(3)11-15-16(12-28-22)30-18-17(15)19(25)24(14-9-7-6-8-10-14)21(23-18)29-13(2)20(26)27-4/h6-10,13H,5,11-12H2,1-4H3/t13-,22+/m0/s1. The van der Waals surface area contributed by atoms with E-state index in [1.165, 1.54) is 30.2 Å². The van der Waals surface area contributed by atoms with Gasteiger partial charge in [-0.25, -0.2) is 4.98 Å². The van der Waals surface area contributed by atoms with Crippen LogP contribution in [-0.2, 0) is 27.3 Å². The van der Waals surface area contributed by atoms with Crippen molar-refractivity contribution in [2.75, 3.05) is 7.11 Å². The fourth-order valence-electron chi connectivity index (χ4n) is 3.58. The molecule has 6 nitrogen and oxygen atoms in total. The minimum atomic E-state index is -0.490. The SMILES string of the molecule is CC[C@]1(C)Cc2c(sc3nc(S[C@@H](C)C(=O)OC)n(-c4ccccc4)c(=O)c23)CO1. The number of thiophene rings is 1. The number of hydrogen-bond acceptors (Lipinski definition) is 7. The Balaban J connectivity index is 1.94. The number of hydrogen-bond donors (Lipinski definition) is 0. The third-order valence-corrected chi connectivity index (χ3v) is 7.69. The number of benzene rings is 1. The number of carbonyl (C=O) groups excluding carboxylic acids is 1. The van der Waals surface area contributed by atoms with E-state index < -0.39 is 5.25 Å². The van der Waals surface area contributed by atoms with Gasteiger partial charge >= 0.3 is 5.97 Å². The van der Waals surface area contributed by atoms with E-state index in [0.717, 1.165) is 22.5 Å². The zero-order valence-electron chi connectivity index (χ0n) is 17.4. The Hall–Kier alpha value is -2.16. The summed E-state index contributed by atoms with van der Waals surface area (Å²) in [7, 11) is 1.36. The Labute approximate surface area is 183 Å². The summed E-state index contributed by atoms with van der Waals surface area (Å²) in [5, 5.41) is 0.655. The second kappa shape index (κ2) is 8.17. The van der Waals surface area contributed by atoms with Crippen LogP contribution in [-0.4, -0.2) is 33.5 Å². The summed E-state index contributed by atoms with van der Waals surface area (Å²) in [6.45, 7) is 6.43. The molecule has 8 heteroatoms. The molecule has 1 aromatic carbocycles.